The summed E-state index contributed by atoms with van der Waals surface area (Å²) in [7, 11) is 0. The Kier molecular flexibility index (Phi) is 8.17. The van der Waals surface area contributed by atoms with E-state index in [-0.39, 0.29) is 0 Å². The lowest BCUT2D eigenvalue weighted by atomic mass is 9.98. The molecular formula is C58H39N3. The van der Waals surface area contributed by atoms with E-state index in [1.807, 2.05) is 0 Å². The van der Waals surface area contributed by atoms with Crippen molar-refractivity contribution in [3.8, 4) is 33.6 Å². The molecule has 0 bridgehead atoms. The number of fused-ring (bicyclic) bond motifs is 7. The van der Waals surface area contributed by atoms with Gasteiger partial charge in [-0.1, -0.05) is 170 Å². The maximum absolute atomic E-state index is 2.43. The monoisotopic (exact) mass is 777 g/mol. The van der Waals surface area contributed by atoms with E-state index in [0.29, 0.717) is 0 Å². The minimum atomic E-state index is 1.07. The standard InChI is InChI=1S/C58H39N3/c1-2-18-43(19-3-1)60-53-27-9-8-23-51(53)52-26-15-25-48(58(52)60)42-34-38-45(39-35-42)59(44-36-32-41(33-37-44)47-24-14-17-40-16-4-5-20-46(40)47)56-30-12-13-31-57(56)61-54-28-10-6-21-49(54)50-22-7-11-29-55(50)61/h1-39H. The highest BCUT2D eigenvalue weighted by molar-refractivity contribution is 6.14. The summed E-state index contributed by atoms with van der Waals surface area (Å²) in [6, 6.07) is 85.9. The van der Waals surface area contributed by atoms with Crippen LogP contribution in [-0.4, -0.2) is 9.13 Å². The van der Waals surface area contributed by atoms with Crippen molar-refractivity contribution in [2.24, 2.45) is 0 Å². The molecular weight excluding hydrogens is 739 g/mol. The van der Waals surface area contributed by atoms with Crippen molar-refractivity contribution in [1.29, 1.82) is 0 Å². The van der Waals surface area contributed by atoms with E-state index >= 15 is 0 Å². The molecule has 2 heterocycles. The molecule has 0 saturated carbocycles. The van der Waals surface area contributed by atoms with Crippen molar-refractivity contribution < 1.29 is 0 Å². The maximum atomic E-state index is 2.43. The molecule has 0 aliphatic rings. The quantitative estimate of drug-likeness (QED) is 0.157. The molecule has 0 radical (unpaired) electrons. The smallest absolute Gasteiger partial charge is 0.0702 e. The number of nitrogens with zero attached hydrogens (tertiary/aromatic N) is 3. The van der Waals surface area contributed by atoms with Gasteiger partial charge in [-0.25, -0.2) is 0 Å². The van der Waals surface area contributed by atoms with Crippen molar-refractivity contribution in [2.75, 3.05) is 4.90 Å². The van der Waals surface area contributed by atoms with Gasteiger partial charge in [0.15, 0.2) is 0 Å². The fourth-order valence-corrected chi connectivity index (χ4v) is 9.61. The minimum absolute atomic E-state index is 1.07. The number of anilines is 3. The van der Waals surface area contributed by atoms with Gasteiger partial charge in [-0.05, 0) is 94.2 Å². The highest BCUT2D eigenvalue weighted by Crippen LogP contribution is 2.44. The first-order valence-electron chi connectivity index (χ1n) is 20.9. The van der Waals surface area contributed by atoms with Crippen LogP contribution in [0.2, 0.25) is 0 Å². The van der Waals surface area contributed by atoms with Crippen molar-refractivity contribution in [2.45, 2.75) is 0 Å². The second-order valence-corrected chi connectivity index (χ2v) is 15.7. The van der Waals surface area contributed by atoms with Gasteiger partial charge in [0.05, 0.1) is 33.4 Å². The Morgan fingerprint density at radius 3 is 1.43 bits per heavy atom. The summed E-state index contributed by atoms with van der Waals surface area (Å²) in [6.07, 6.45) is 0. The topological polar surface area (TPSA) is 13.1 Å². The Morgan fingerprint density at radius 2 is 0.754 bits per heavy atom. The third kappa shape index (κ3) is 5.66. The molecule has 0 unspecified atom stereocenters. The normalized spacial score (nSPS) is 11.6. The molecule has 286 valence electrons. The Bertz CT molecular complexity index is 3520. The number of para-hydroxylation sites is 7. The van der Waals surface area contributed by atoms with Crippen LogP contribution in [0.1, 0.15) is 0 Å². The zero-order chi connectivity index (χ0) is 40.3. The molecule has 61 heavy (non-hydrogen) atoms. The molecule has 0 N–H and O–H groups in total. The third-order valence-corrected chi connectivity index (χ3v) is 12.3. The van der Waals surface area contributed by atoms with Crippen LogP contribution < -0.4 is 4.90 Å². The van der Waals surface area contributed by atoms with Gasteiger partial charge in [-0.2, -0.15) is 0 Å². The Balaban J connectivity index is 1.05. The molecule has 3 heteroatoms. The molecule has 0 spiro atoms. The number of hydrogen-bond donors (Lipinski definition) is 0. The first-order valence-corrected chi connectivity index (χ1v) is 20.9. The van der Waals surface area contributed by atoms with Crippen LogP contribution in [0.4, 0.5) is 17.1 Å². The Morgan fingerprint density at radius 1 is 0.295 bits per heavy atom. The van der Waals surface area contributed by atoms with Gasteiger partial charge in [-0.15, -0.1) is 0 Å². The number of aromatic nitrogens is 2. The van der Waals surface area contributed by atoms with Crippen LogP contribution in [0.5, 0.6) is 0 Å². The number of benzene rings is 10. The van der Waals surface area contributed by atoms with Crippen LogP contribution in [0.3, 0.4) is 0 Å². The van der Waals surface area contributed by atoms with E-state index in [1.54, 1.807) is 0 Å². The predicted molar refractivity (Wildman–Crippen MR) is 258 cm³/mol. The summed E-state index contributed by atoms with van der Waals surface area (Å²) in [5.41, 5.74) is 15.1. The highest BCUT2D eigenvalue weighted by Gasteiger charge is 2.22. The Hall–Kier alpha value is -8.14. The first-order chi connectivity index (χ1) is 30.3. The molecule has 2 aromatic heterocycles. The third-order valence-electron chi connectivity index (χ3n) is 12.3. The maximum Gasteiger partial charge on any atom is 0.0702 e. The van der Waals surface area contributed by atoms with Crippen LogP contribution in [-0.2, 0) is 0 Å². The molecule has 0 aliphatic carbocycles. The average molecular weight is 778 g/mol. The fourth-order valence-electron chi connectivity index (χ4n) is 9.61. The second-order valence-electron chi connectivity index (χ2n) is 15.7. The molecule has 0 atom stereocenters. The van der Waals surface area contributed by atoms with Gasteiger partial charge in [0.1, 0.15) is 0 Å². The van der Waals surface area contributed by atoms with E-state index in [9.17, 15) is 0 Å². The second kappa shape index (κ2) is 14.3. The fraction of sp³-hybridized carbons (Fsp3) is 0. The molecule has 0 saturated heterocycles. The molecule has 3 nitrogen and oxygen atoms in total. The lowest BCUT2D eigenvalue weighted by Gasteiger charge is -2.29. The van der Waals surface area contributed by atoms with Gasteiger partial charge in [0.2, 0.25) is 0 Å². The summed E-state index contributed by atoms with van der Waals surface area (Å²) in [5.74, 6) is 0. The summed E-state index contributed by atoms with van der Waals surface area (Å²) < 4.78 is 4.84. The molecule has 10 aromatic carbocycles. The average Bonchev–Trinajstić information content (AvgIpc) is 3.86. The lowest BCUT2D eigenvalue weighted by Crippen LogP contribution is -2.13. The van der Waals surface area contributed by atoms with E-state index < -0.39 is 0 Å². The van der Waals surface area contributed by atoms with Gasteiger partial charge in [0, 0.05) is 44.2 Å². The van der Waals surface area contributed by atoms with Crippen LogP contribution in [0.25, 0.3) is 88.0 Å². The number of hydrogen-bond acceptors (Lipinski definition) is 1. The van der Waals surface area contributed by atoms with Gasteiger partial charge >= 0.3 is 0 Å². The highest BCUT2D eigenvalue weighted by atomic mass is 15.2. The Labute approximate surface area is 354 Å². The summed E-state index contributed by atoms with van der Waals surface area (Å²) in [4.78, 5) is 2.41. The minimum Gasteiger partial charge on any atom is -0.309 e. The lowest BCUT2D eigenvalue weighted by molar-refractivity contribution is 1.15. The van der Waals surface area contributed by atoms with Crippen molar-refractivity contribution in [1.82, 2.24) is 9.13 Å². The van der Waals surface area contributed by atoms with Crippen molar-refractivity contribution >= 4 is 71.4 Å². The SMILES string of the molecule is c1ccc(-n2c3ccccc3c3cccc(-c4ccc(N(c5ccc(-c6cccc7ccccc67)cc5)c5ccccc5-n5c6ccccc6c6ccccc65)cc4)c32)cc1. The number of rotatable bonds is 7. The molecule has 0 aliphatic heterocycles. The van der Waals surface area contributed by atoms with Crippen molar-refractivity contribution in [3.63, 3.8) is 0 Å². The summed E-state index contributed by atoms with van der Waals surface area (Å²) >= 11 is 0. The van der Waals surface area contributed by atoms with E-state index in [1.165, 1.54) is 71.1 Å². The van der Waals surface area contributed by atoms with Gasteiger partial charge in [0.25, 0.3) is 0 Å². The van der Waals surface area contributed by atoms with E-state index in [4.69, 9.17) is 0 Å². The van der Waals surface area contributed by atoms with Crippen molar-refractivity contribution in [3.05, 3.63) is 237 Å². The zero-order valence-electron chi connectivity index (χ0n) is 33.4. The molecule has 12 rings (SSSR count). The molecule has 12 aromatic rings. The van der Waals surface area contributed by atoms with Crippen LogP contribution in [0.15, 0.2) is 237 Å². The van der Waals surface area contributed by atoms with E-state index in [0.717, 1.165) is 34.0 Å². The predicted octanol–water partition coefficient (Wildman–Crippen LogP) is 15.8. The van der Waals surface area contributed by atoms with Gasteiger partial charge < -0.3 is 14.0 Å². The van der Waals surface area contributed by atoms with Gasteiger partial charge in [-0.3, -0.25) is 0 Å². The van der Waals surface area contributed by atoms with Crippen LogP contribution >= 0.6 is 0 Å². The summed E-state index contributed by atoms with van der Waals surface area (Å²) in [6.45, 7) is 0. The first kappa shape index (κ1) is 34.9. The molecule has 0 amide bonds. The summed E-state index contributed by atoms with van der Waals surface area (Å²) in [5, 5.41) is 7.47. The van der Waals surface area contributed by atoms with E-state index in [2.05, 4.69) is 251 Å². The molecule has 0 fully saturated rings. The van der Waals surface area contributed by atoms with Crippen LogP contribution in [0, 0.1) is 0 Å². The zero-order valence-corrected chi connectivity index (χ0v) is 33.4. The largest absolute Gasteiger partial charge is 0.309 e.